The van der Waals surface area contributed by atoms with Crippen LogP contribution in [-0.4, -0.2) is 85.2 Å². The SMILES string of the molecule is [3H]c1c[n+](COC(=O)OCCOCCOCCOCCOC)ccc1NC(=NCCCCCCOc1ccc(Cl)cc1)NC#N.[Cl-]. The summed E-state index contributed by atoms with van der Waals surface area (Å²) in [6.45, 7) is 4.00. The molecule has 0 atom stereocenters. The lowest BCUT2D eigenvalue weighted by atomic mass is 10.2. The van der Waals surface area contributed by atoms with Gasteiger partial charge in [-0.15, -0.1) is 0 Å². The number of unbranched alkanes of at least 4 members (excludes halogenated alkanes) is 3. The lowest BCUT2D eigenvalue weighted by molar-refractivity contribution is -0.727. The molecule has 0 bridgehead atoms. The zero-order valence-corrected chi connectivity index (χ0v) is 27.0. The Hall–Kier alpha value is -3.38. The normalized spacial score (nSPS) is 11.1. The molecule has 1 aromatic heterocycles. The first-order valence-electron chi connectivity index (χ1n) is 14.9. The molecule has 0 aliphatic rings. The lowest BCUT2D eigenvalue weighted by Gasteiger charge is -2.08. The smallest absolute Gasteiger partial charge is 0.513 e. The highest BCUT2D eigenvalue weighted by Crippen LogP contribution is 2.16. The van der Waals surface area contributed by atoms with Crippen molar-refractivity contribution in [2.24, 2.45) is 4.99 Å². The number of aliphatic imine (C=N–C) groups is 1. The van der Waals surface area contributed by atoms with Gasteiger partial charge in [-0.2, -0.15) is 9.83 Å². The summed E-state index contributed by atoms with van der Waals surface area (Å²) in [5.41, 5.74) is 0.425. The summed E-state index contributed by atoms with van der Waals surface area (Å²) in [5.74, 6) is 1.04. The quantitative estimate of drug-likeness (QED) is 0.0330. The number of aromatic nitrogens is 1. The number of benzene rings is 1. The molecule has 1 aromatic carbocycles. The maximum atomic E-state index is 11.9. The van der Waals surface area contributed by atoms with Crippen molar-refractivity contribution in [3.8, 4) is 11.9 Å². The first-order chi connectivity index (χ1) is 22.0. The largest absolute Gasteiger partial charge is 1.00 e. The maximum absolute atomic E-state index is 11.9. The summed E-state index contributed by atoms with van der Waals surface area (Å²) in [7, 11) is 1.61. The van der Waals surface area contributed by atoms with Gasteiger partial charge in [0.25, 0.3) is 6.73 Å². The minimum Gasteiger partial charge on any atom is -1.00 e. The summed E-state index contributed by atoms with van der Waals surface area (Å²) in [5, 5.41) is 15.2. The Morgan fingerprint density at radius 1 is 0.911 bits per heavy atom. The van der Waals surface area contributed by atoms with Crippen LogP contribution in [0.3, 0.4) is 0 Å². The van der Waals surface area contributed by atoms with Gasteiger partial charge >= 0.3 is 6.16 Å². The first kappa shape index (κ1) is 37.8. The highest BCUT2D eigenvalue weighted by molar-refractivity contribution is 6.30. The fourth-order valence-electron chi connectivity index (χ4n) is 3.38. The number of methoxy groups -OCH3 is 1. The van der Waals surface area contributed by atoms with Crippen molar-refractivity contribution in [1.29, 1.82) is 5.26 Å². The van der Waals surface area contributed by atoms with E-state index in [1.807, 2.05) is 18.3 Å². The molecule has 0 amide bonds. The summed E-state index contributed by atoms with van der Waals surface area (Å²) in [6, 6.07) is 9.01. The van der Waals surface area contributed by atoms with E-state index in [0.29, 0.717) is 63.5 Å². The Bertz CT molecular complexity index is 1170. The van der Waals surface area contributed by atoms with Crippen LogP contribution in [0.2, 0.25) is 5.02 Å². The van der Waals surface area contributed by atoms with Crippen LogP contribution in [0.4, 0.5) is 10.5 Å². The number of carbonyl (C=O) groups is 1. The minimum atomic E-state index is -0.856. The molecule has 2 aromatic rings. The Morgan fingerprint density at radius 3 is 2.24 bits per heavy atom. The molecule has 13 nitrogen and oxygen atoms in total. The Morgan fingerprint density at radius 2 is 1.58 bits per heavy atom. The van der Waals surface area contributed by atoms with E-state index in [2.05, 4.69) is 15.6 Å². The third-order valence-corrected chi connectivity index (χ3v) is 5.86. The monoisotopic (exact) mass is 673 g/mol. The number of rotatable bonds is 23. The second kappa shape index (κ2) is 27.0. The molecule has 0 radical (unpaired) electrons. The topological polar surface area (TPSA) is 146 Å². The standard InChI is InChI=1S/C30H42ClN5O8.ClH/c1-38-16-17-39-18-19-40-20-21-41-22-23-43-30(37)44-25-36-13-10-27(11-14-36)35-29(34-24-32)33-12-4-2-3-5-15-42-28-8-6-26(31)7-9-28;/h6-11,13-14H,2-5,12,15-23,25H2,1H3,(H,33,34);1H/i10T;. The molecule has 0 spiro atoms. The molecule has 0 aliphatic carbocycles. The van der Waals surface area contributed by atoms with Crippen molar-refractivity contribution in [3.63, 3.8) is 0 Å². The van der Waals surface area contributed by atoms with Gasteiger partial charge in [-0.3, -0.25) is 10.3 Å². The second-order valence-corrected chi connectivity index (χ2v) is 9.46. The van der Waals surface area contributed by atoms with Crippen molar-refractivity contribution < 1.29 is 56.3 Å². The van der Waals surface area contributed by atoms with Crippen molar-refractivity contribution in [2.45, 2.75) is 32.4 Å². The highest BCUT2D eigenvalue weighted by atomic mass is 35.5. The second-order valence-electron chi connectivity index (χ2n) is 9.03. The van der Waals surface area contributed by atoms with Crippen molar-refractivity contribution in [2.75, 3.05) is 78.4 Å². The van der Waals surface area contributed by atoms with E-state index in [1.165, 1.54) is 10.8 Å². The highest BCUT2D eigenvalue weighted by Gasteiger charge is 2.09. The predicted octanol–water partition coefficient (Wildman–Crippen LogP) is 0.916. The fraction of sp³-hybridized carbons (Fsp3) is 0.533. The molecule has 2 rings (SSSR count). The molecular weight excluding hydrogens is 629 g/mol. The number of guanidine groups is 1. The van der Waals surface area contributed by atoms with Crippen LogP contribution in [0.15, 0.2) is 53.8 Å². The molecule has 15 heteroatoms. The number of hydrogen-bond acceptors (Lipinski definition) is 10. The molecule has 0 saturated carbocycles. The van der Waals surface area contributed by atoms with Gasteiger partial charge in [-0.25, -0.2) is 4.79 Å². The summed E-state index contributed by atoms with van der Waals surface area (Å²) < 4.78 is 46.4. The molecular formula is C30H43Cl2N5O8. The van der Waals surface area contributed by atoms with E-state index in [9.17, 15) is 4.79 Å². The molecule has 0 saturated heterocycles. The lowest BCUT2D eigenvalue weighted by Crippen LogP contribution is -3.00. The van der Waals surface area contributed by atoms with Crippen molar-refractivity contribution in [3.05, 3.63) is 53.8 Å². The van der Waals surface area contributed by atoms with E-state index in [4.69, 9.17) is 51.4 Å². The Kier molecular flexibility index (Phi) is 22.7. The number of halogens is 2. The van der Waals surface area contributed by atoms with E-state index in [-0.39, 0.29) is 44.4 Å². The average molecular weight is 675 g/mol. The van der Waals surface area contributed by atoms with E-state index in [1.54, 1.807) is 31.5 Å². The summed E-state index contributed by atoms with van der Waals surface area (Å²) in [4.78, 5) is 16.3. The van der Waals surface area contributed by atoms with Gasteiger partial charge < -0.3 is 50.9 Å². The van der Waals surface area contributed by atoms with E-state index < -0.39 is 6.16 Å². The molecule has 0 fully saturated rings. The zero-order chi connectivity index (χ0) is 32.4. The third kappa shape index (κ3) is 21.1. The van der Waals surface area contributed by atoms with Crippen LogP contribution in [0.1, 0.15) is 27.1 Å². The Balaban J connectivity index is 0.0000106. The van der Waals surface area contributed by atoms with Gasteiger partial charge in [0.15, 0.2) is 18.6 Å². The first-order valence-corrected chi connectivity index (χ1v) is 14.8. The van der Waals surface area contributed by atoms with Gasteiger partial charge in [-0.05, 0) is 43.5 Å². The van der Waals surface area contributed by atoms with E-state index >= 15 is 0 Å². The fourth-order valence-corrected chi connectivity index (χ4v) is 3.50. The van der Waals surface area contributed by atoms with Gasteiger partial charge in [0.05, 0.1) is 59.9 Å². The van der Waals surface area contributed by atoms with Crippen LogP contribution in [0, 0.1) is 11.5 Å². The number of pyridine rings is 1. The van der Waals surface area contributed by atoms with Crippen molar-refractivity contribution in [1.82, 2.24) is 5.32 Å². The number of nitrogens with one attached hydrogen (secondary N) is 2. The molecule has 0 aliphatic heterocycles. The van der Waals surface area contributed by atoms with Gasteiger partial charge in [-0.1, -0.05) is 18.0 Å². The number of anilines is 1. The van der Waals surface area contributed by atoms with Gasteiger partial charge in [0.2, 0.25) is 5.96 Å². The summed E-state index contributed by atoms with van der Waals surface area (Å²) in [6.07, 6.45) is 7.78. The average Bonchev–Trinajstić information content (AvgIpc) is 3.03. The molecule has 250 valence electrons. The predicted molar refractivity (Wildman–Crippen MR) is 163 cm³/mol. The van der Waals surface area contributed by atoms with Crippen LogP contribution >= 0.6 is 11.6 Å². The summed E-state index contributed by atoms with van der Waals surface area (Å²) >= 11 is 5.88. The van der Waals surface area contributed by atoms with Gasteiger partial charge in [0.1, 0.15) is 12.4 Å². The number of nitriles is 1. The molecule has 45 heavy (non-hydrogen) atoms. The minimum absolute atomic E-state index is 0. The van der Waals surface area contributed by atoms with Crippen molar-refractivity contribution >= 4 is 29.4 Å². The zero-order valence-electron chi connectivity index (χ0n) is 26.5. The van der Waals surface area contributed by atoms with E-state index in [0.717, 1.165) is 31.4 Å². The molecule has 2 N–H and O–H groups in total. The molecule has 1 heterocycles. The molecule has 0 unspecified atom stereocenters. The third-order valence-electron chi connectivity index (χ3n) is 5.61. The Labute approximate surface area is 277 Å². The van der Waals surface area contributed by atoms with Gasteiger partial charge in [0, 0.05) is 30.8 Å². The van der Waals surface area contributed by atoms with Crippen LogP contribution in [0.5, 0.6) is 5.75 Å². The number of hydrogen-bond donors (Lipinski definition) is 2. The maximum Gasteiger partial charge on any atom is 0.513 e. The number of carbonyl (C=O) groups excluding carboxylic acids is 1. The number of nitrogens with zero attached hydrogens (tertiary/aromatic N) is 3. The van der Waals surface area contributed by atoms with Crippen LogP contribution in [-0.2, 0) is 35.2 Å². The van der Waals surface area contributed by atoms with Crippen LogP contribution in [0.25, 0.3) is 0 Å². The number of ether oxygens (including phenoxy) is 7. The van der Waals surface area contributed by atoms with Crippen LogP contribution < -0.4 is 32.3 Å².